The SMILES string of the molecule is C1=CCC2C(=C1)C(c1ccccc1)(C1C=CC=CC1)c1ccccc1N2c1cccc(N2c3ccccc3C3C=CC=CC32)c1. The van der Waals surface area contributed by atoms with Crippen LogP contribution in [0.5, 0.6) is 0 Å². The Morgan fingerprint density at radius 1 is 0.578 bits per heavy atom. The fraction of sp³-hybridized carbons (Fsp3) is 0.163. The van der Waals surface area contributed by atoms with E-state index in [2.05, 4.69) is 180 Å². The summed E-state index contributed by atoms with van der Waals surface area (Å²) in [4.78, 5) is 5.18. The second kappa shape index (κ2) is 10.5. The Hall–Kier alpha value is -5.08. The molecule has 2 heteroatoms. The van der Waals surface area contributed by atoms with Gasteiger partial charge in [-0.25, -0.2) is 0 Å². The van der Waals surface area contributed by atoms with Crippen molar-refractivity contribution in [2.45, 2.75) is 36.3 Å². The number of para-hydroxylation sites is 2. The van der Waals surface area contributed by atoms with Crippen LogP contribution in [0.25, 0.3) is 0 Å². The van der Waals surface area contributed by atoms with Gasteiger partial charge in [0.1, 0.15) is 0 Å². The number of fused-ring (bicyclic) bond motifs is 5. The van der Waals surface area contributed by atoms with Gasteiger partial charge in [-0.1, -0.05) is 140 Å². The standard InChI is InChI=1S/C43H36N2/c1-3-16-31(17-4-1)43(32-18-5-2-6-19-32)37-24-9-13-28-41(37)45(42-29-14-10-25-38(42)43)34-21-15-20-33(30-34)44-39-26-11-7-22-35(39)36-23-8-12-27-40(36)44/h1-18,20-28,30,32,35,39,42H,19,29H2. The molecule has 9 rings (SSSR count). The van der Waals surface area contributed by atoms with E-state index in [1.165, 1.54) is 45.0 Å². The highest BCUT2D eigenvalue weighted by Gasteiger charge is 2.52. The van der Waals surface area contributed by atoms with Gasteiger partial charge < -0.3 is 9.80 Å². The van der Waals surface area contributed by atoms with Crippen LogP contribution in [-0.4, -0.2) is 12.1 Å². The van der Waals surface area contributed by atoms with E-state index in [1.54, 1.807) is 0 Å². The maximum Gasteiger partial charge on any atom is 0.0629 e. The summed E-state index contributed by atoms with van der Waals surface area (Å²) in [6.07, 6.45) is 27.4. The second-order valence-electron chi connectivity index (χ2n) is 12.8. The van der Waals surface area contributed by atoms with Crippen LogP contribution in [-0.2, 0) is 5.41 Å². The maximum atomic E-state index is 2.63. The quantitative estimate of drug-likeness (QED) is 0.237. The first-order valence-electron chi connectivity index (χ1n) is 16.3. The van der Waals surface area contributed by atoms with Crippen LogP contribution in [0.3, 0.4) is 0 Å². The zero-order chi connectivity index (χ0) is 29.8. The number of rotatable bonds is 4. The lowest BCUT2D eigenvalue weighted by Crippen LogP contribution is -2.51. The molecule has 0 aromatic heterocycles. The van der Waals surface area contributed by atoms with E-state index in [9.17, 15) is 0 Å². The molecule has 218 valence electrons. The summed E-state index contributed by atoms with van der Waals surface area (Å²) in [5.74, 6) is 0.691. The first-order chi connectivity index (χ1) is 22.4. The summed E-state index contributed by atoms with van der Waals surface area (Å²) in [6.45, 7) is 0. The average molecular weight is 581 g/mol. The average Bonchev–Trinajstić information content (AvgIpc) is 3.46. The van der Waals surface area contributed by atoms with Crippen molar-refractivity contribution in [2.75, 3.05) is 9.80 Å². The maximum absolute atomic E-state index is 2.63. The van der Waals surface area contributed by atoms with Gasteiger partial charge in [0.15, 0.2) is 0 Å². The minimum atomic E-state index is -0.261. The molecule has 0 N–H and O–H groups in total. The normalized spacial score (nSPS) is 27.1. The molecule has 0 radical (unpaired) electrons. The Kier molecular flexibility index (Phi) is 6.16. The van der Waals surface area contributed by atoms with Gasteiger partial charge in [-0.15, -0.1) is 0 Å². The third-order valence-corrected chi connectivity index (χ3v) is 10.6. The minimum Gasteiger partial charge on any atom is -0.334 e. The molecule has 2 nitrogen and oxygen atoms in total. The molecule has 5 aliphatic rings. The summed E-state index contributed by atoms with van der Waals surface area (Å²) >= 11 is 0. The number of anilines is 4. The molecule has 2 aliphatic heterocycles. The lowest BCUT2D eigenvalue weighted by molar-refractivity contribution is 0.400. The third-order valence-electron chi connectivity index (χ3n) is 10.6. The van der Waals surface area contributed by atoms with E-state index in [4.69, 9.17) is 0 Å². The Morgan fingerprint density at radius 3 is 2.18 bits per heavy atom. The Balaban J connectivity index is 1.24. The van der Waals surface area contributed by atoms with Crippen molar-refractivity contribution in [1.29, 1.82) is 0 Å². The van der Waals surface area contributed by atoms with Gasteiger partial charge in [-0.2, -0.15) is 0 Å². The van der Waals surface area contributed by atoms with Gasteiger partial charge in [0.05, 0.1) is 17.5 Å². The van der Waals surface area contributed by atoms with E-state index in [0.29, 0.717) is 11.8 Å². The Labute approximate surface area is 266 Å². The third kappa shape index (κ3) is 3.88. The summed E-state index contributed by atoms with van der Waals surface area (Å²) in [5, 5.41) is 0. The number of hydrogen-bond donors (Lipinski definition) is 0. The predicted molar refractivity (Wildman–Crippen MR) is 188 cm³/mol. The van der Waals surface area contributed by atoms with Crippen molar-refractivity contribution in [3.8, 4) is 0 Å². The molecule has 0 saturated carbocycles. The van der Waals surface area contributed by atoms with Crippen molar-refractivity contribution < 1.29 is 0 Å². The van der Waals surface area contributed by atoms with Crippen LogP contribution in [0.15, 0.2) is 176 Å². The molecule has 45 heavy (non-hydrogen) atoms. The van der Waals surface area contributed by atoms with Crippen LogP contribution < -0.4 is 9.80 Å². The van der Waals surface area contributed by atoms with Crippen molar-refractivity contribution >= 4 is 22.7 Å². The monoisotopic (exact) mass is 580 g/mol. The highest BCUT2D eigenvalue weighted by Crippen LogP contribution is 2.59. The van der Waals surface area contributed by atoms with Gasteiger partial charge >= 0.3 is 0 Å². The fourth-order valence-electron chi connectivity index (χ4n) is 8.85. The number of nitrogens with zero attached hydrogens (tertiary/aromatic N) is 2. The topological polar surface area (TPSA) is 6.48 Å². The zero-order valence-electron chi connectivity index (χ0n) is 25.3. The molecule has 2 heterocycles. The fourth-order valence-corrected chi connectivity index (χ4v) is 8.85. The van der Waals surface area contributed by atoms with E-state index in [1.807, 2.05) is 0 Å². The zero-order valence-corrected chi connectivity index (χ0v) is 25.3. The van der Waals surface area contributed by atoms with E-state index >= 15 is 0 Å². The van der Waals surface area contributed by atoms with Gasteiger partial charge in [0.25, 0.3) is 0 Å². The molecule has 0 saturated heterocycles. The molecule has 4 aromatic rings. The lowest BCUT2D eigenvalue weighted by atomic mass is 9.55. The molecule has 0 amide bonds. The van der Waals surface area contributed by atoms with Crippen molar-refractivity contribution in [1.82, 2.24) is 0 Å². The summed E-state index contributed by atoms with van der Waals surface area (Å²) in [6, 6.07) is 39.1. The highest BCUT2D eigenvalue weighted by molar-refractivity contribution is 5.82. The first-order valence-corrected chi connectivity index (χ1v) is 16.3. The molecule has 4 aromatic carbocycles. The summed E-state index contributed by atoms with van der Waals surface area (Å²) in [7, 11) is 0. The van der Waals surface area contributed by atoms with Crippen molar-refractivity contribution in [3.05, 3.63) is 192 Å². The Morgan fingerprint density at radius 2 is 1.31 bits per heavy atom. The smallest absolute Gasteiger partial charge is 0.0629 e. The molecule has 0 bridgehead atoms. The number of hydrogen-bond acceptors (Lipinski definition) is 2. The molecule has 0 fully saturated rings. The van der Waals surface area contributed by atoms with Gasteiger partial charge in [0, 0.05) is 28.7 Å². The molecular formula is C43H36N2. The largest absolute Gasteiger partial charge is 0.334 e. The van der Waals surface area contributed by atoms with Crippen molar-refractivity contribution in [2.24, 2.45) is 5.92 Å². The Bertz CT molecular complexity index is 1960. The first kappa shape index (κ1) is 26.3. The van der Waals surface area contributed by atoms with Gasteiger partial charge in [-0.3, -0.25) is 0 Å². The second-order valence-corrected chi connectivity index (χ2v) is 12.8. The van der Waals surface area contributed by atoms with Crippen LogP contribution >= 0.6 is 0 Å². The van der Waals surface area contributed by atoms with E-state index in [0.717, 1.165) is 12.8 Å². The van der Waals surface area contributed by atoms with Gasteiger partial charge in [-0.05, 0) is 71.4 Å². The minimum absolute atomic E-state index is 0.204. The van der Waals surface area contributed by atoms with Crippen LogP contribution in [0.1, 0.15) is 35.4 Å². The van der Waals surface area contributed by atoms with E-state index in [-0.39, 0.29) is 17.5 Å². The molecule has 3 aliphatic carbocycles. The van der Waals surface area contributed by atoms with E-state index < -0.39 is 0 Å². The van der Waals surface area contributed by atoms with Gasteiger partial charge in [0.2, 0.25) is 0 Å². The molecule has 5 unspecified atom stereocenters. The highest BCUT2D eigenvalue weighted by atomic mass is 15.2. The lowest BCUT2D eigenvalue weighted by Gasteiger charge is -2.54. The predicted octanol–water partition coefficient (Wildman–Crippen LogP) is 10.2. The van der Waals surface area contributed by atoms with Crippen molar-refractivity contribution in [3.63, 3.8) is 0 Å². The molecule has 0 spiro atoms. The summed E-state index contributed by atoms with van der Waals surface area (Å²) in [5.41, 5.74) is 10.5. The summed E-state index contributed by atoms with van der Waals surface area (Å²) < 4.78 is 0. The number of benzene rings is 4. The number of allylic oxidation sites excluding steroid dienone is 8. The molecular weight excluding hydrogens is 544 g/mol. The van der Waals surface area contributed by atoms with Crippen LogP contribution in [0, 0.1) is 5.92 Å². The van der Waals surface area contributed by atoms with Crippen LogP contribution in [0.4, 0.5) is 22.7 Å². The molecule has 5 atom stereocenters. The van der Waals surface area contributed by atoms with Crippen LogP contribution in [0.2, 0.25) is 0 Å².